The summed E-state index contributed by atoms with van der Waals surface area (Å²) in [5, 5.41) is 12.2. The summed E-state index contributed by atoms with van der Waals surface area (Å²) in [6.07, 6.45) is 3.87. The number of rotatable bonds is 5. The number of methoxy groups -OCH3 is 1. The summed E-state index contributed by atoms with van der Waals surface area (Å²) in [5.41, 5.74) is 2.74. The standard InChI is InChI=1S/C27H29NO3/c1-3-27(17-29)16-20-12-14-25(27)28(20)26(30)19-11-13-21-18(15-19)7-6-9-22(21)23-8-4-5-10-24(23)31-2/h4-11,13,15,20,25,29H,3,12,14,16-17H2,1-2H3/t20-,25+,27-/m1/s1. The van der Waals surface area contributed by atoms with Crippen LogP contribution >= 0.6 is 0 Å². The van der Waals surface area contributed by atoms with Crippen LogP contribution in [0.15, 0.2) is 60.7 Å². The SMILES string of the molecule is CC[C@]1(CO)C[C@H]2CC[C@@H]1N2C(=O)c1ccc2c(-c3ccccc3OC)cccc2c1. The van der Waals surface area contributed by atoms with E-state index in [1.165, 1.54) is 0 Å². The molecule has 0 unspecified atom stereocenters. The Bertz CT molecular complexity index is 1130. The van der Waals surface area contributed by atoms with Crippen molar-refractivity contribution in [3.05, 3.63) is 66.2 Å². The lowest BCUT2D eigenvalue weighted by molar-refractivity contribution is 0.0557. The molecule has 0 aromatic heterocycles. The fourth-order valence-electron chi connectivity index (χ4n) is 5.93. The van der Waals surface area contributed by atoms with Crippen LogP contribution in [-0.4, -0.2) is 41.7 Å². The zero-order valence-corrected chi connectivity index (χ0v) is 18.2. The van der Waals surface area contributed by atoms with Crippen molar-refractivity contribution >= 4 is 16.7 Å². The van der Waals surface area contributed by atoms with Crippen molar-refractivity contribution in [3.8, 4) is 16.9 Å². The molecule has 3 aromatic carbocycles. The Morgan fingerprint density at radius 3 is 2.65 bits per heavy atom. The molecule has 0 saturated carbocycles. The minimum atomic E-state index is -0.132. The van der Waals surface area contributed by atoms with Crippen LogP contribution in [0.25, 0.3) is 21.9 Å². The first-order valence-electron chi connectivity index (χ1n) is 11.2. The molecule has 1 N–H and O–H groups in total. The predicted octanol–water partition coefficient (Wildman–Crippen LogP) is 5.28. The summed E-state index contributed by atoms with van der Waals surface area (Å²) in [5.74, 6) is 0.935. The van der Waals surface area contributed by atoms with Gasteiger partial charge >= 0.3 is 0 Å². The second kappa shape index (κ2) is 7.69. The lowest BCUT2D eigenvalue weighted by Crippen LogP contribution is -2.42. The number of hydrogen-bond acceptors (Lipinski definition) is 3. The third-order valence-electron chi connectivity index (χ3n) is 7.63. The van der Waals surface area contributed by atoms with E-state index in [9.17, 15) is 9.90 Å². The number of nitrogens with zero attached hydrogens (tertiary/aromatic N) is 1. The maximum Gasteiger partial charge on any atom is 0.254 e. The molecule has 0 radical (unpaired) electrons. The molecule has 2 aliphatic heterocycles. The van der Waals surface area contributed by atoms with E-state index in [0.29, 0.717) is 0 Å². The molecule has 4 nitrogen and oxygen atoms in total. The summed E-state index contributed by atoms with van der Waals surface area (Å²) >= 11 is 0. The summed E-state index contributed by atoms with van der Waals surface area (Å²) in [6.45, 7) is 2.30. The molecule has 2 bridgehead atoms. The van der Waals surface area contributed by atoms with Gasteiger partial charge in [-0.05, 0) is 60.2 Å². The summed E-state index contributed by atoms with van der Waals surface area (Å²) in [7, 11) is 1.69. The third kappa shape index (κ3) is 3.04. The number of para-hydroxylation sites is 1. The Hall–Kier alpha value is -2.85. The number of hydrogen-bond donors (Lipinski definition) is 1. The highest BCUT2D eigenvalue weighted by Gasteiger charge is 2.56. The van der Waals surface area contributed by atoms with Gasteiger partial charge in [-0.15, -0.1) is 0 Å². The molecule has 1 amide bonds. The lowest BCUT2D eigenvalue weighted by atomic mass is 9.72. The number of amides is 1. The van der Waals surface area contributed by atoms with E-state index < -0.39 is 0 Å². The van der Waals surface area contributed by atoms with Gasteiger partial charge in [0.2, 0.25) is 0 Å². The largest absolute Gasteiger partial charge is 0.496 e. The summed E-state index contributed by atoms with van der Waals surface area (Å²) < 4.78 is 5.57. The number of ether oxygens (including phenoxy) is 1. The molecular weight excluding hydrogens is 386 g/mol. The number of benzene rings is 3. The minimum absolute atomic E-state index is 0.0980. The van der Waals surface area contributed by atoms with Crippen LogP contribution in [0.1, 0.15) is 43.0 Å². The number of fused-ring (bicyclic) bond motifs is 3. The summed E-state index contributed by atoms with van der Waals surface area (Å²) in [4.78, 5) is 15.6. The van der Waals surface area contributed by atoms with Gasteiger partial charge in [0, 0.05) is 28.6 Å². The van der Waals surface area contributed by atoms with Gasteiger partial charge in [-0.1, -0.05) is 49.4 Å². The van der Waals surface area contributed by atoms with Crippen LogP contribution < -0.4 is 4.74 Å². The van der Waals surface area contributed by atoms with E-state index in [1.807, 2.05) is 36.4 Å². The monoisotopic (exact) mass is 415 g/mol. The molecule has 2 heterocycles. The van der Waals surface area contributed by atoms with Crippen molar-refractivity contribution in [2.45, 2.75) is 44.7 Å². The van der Waals surface area contributed by atoms with Crippen molar-refractivity contribution < 1.29 is 14.6 Å². The molecular formula is C27H29NO3. The summed E-state index contributed by atoms with van der Waals surface area (Å²) in [6, 6.07) is 20.6. The second-order valence-corrected chi connectivity index (χ2v) is 8.98. The molecule has 160 valence electrons. The Kier molecular flexibility index (Phi) is 4.98. The average molecular weight is 416 g/mol. The van der Waals surface area contributed by atoms with Gasteiger partial charge in [-0.25, -0.2) is 0 Å². The topological polar surface area (TPSA) is 49.8 Å². The van der Waals surface area contributed by atoms with Crippen LogP contribution in [0.5, 0.6) is 5.75 Å². The maximum atomic E-state index is 13.6. The molecule has 2 fully saturated rings. The normalized spacial score (nSPS) is 24.7. The lowest BCUT2D eigenvalue weighted by Gasteiger charge is -2.34. The van der Waals surface area contributed by atoms with Crippen LogP contribution in [0.2, 0.25) is 0 Å². The fourth-order valence-corrected chi connectivity index (χ4v) is 5.93. The molecule has 5 rings (SSSR count). The molecule has 0 aliphatic carbocycles. The molecule has 31 heavy (non-hydrogen) atoms. The number of aliphatic hydroxyl groups excluding tert-OH is 1. The van der Waals surface area contributed by atoms with E-state index in [0.717, 1.165) is 58.9 Å². The first kappa shape index (κ1) is 20.1. The van der Waals surface area contributed by atoms with E-state index in [1.54, 1.807) is 7.11 Å². The first-order valence-corrected chi connectivity index (χ1v) is 11.2. The Morgan fingerprint density at radius 1 is 1.10 bits per heavy atom. The van der Waals surface area contributed by atoms with Gasteiger partial charge in [0.25, 0.3) is 5.91 Å². The van der Waals surface area contributed by atoms with Crippen molar-refractivity contribution in [3.63, 3.8) is 0 Å². The highest BCUT2D eigenvalue weighted by molar-refractivity contribution is 6.03. The number of aliphatic hydroxyl groups is 1. The van der Waals surface area contributed by atoms with Gasteiger partial charge in [0.1, 0.15) is 5.75 Å². The third-order valence-corrected chi connectivity index (χ3v) is 7.63. The Labute approximate surface area is 183 Å². The van der Waals surface area contributed by atoms with Crippen LogP contribution in [-0.2, 0) is 0 Å². The van der Waals surface area contributed by atoms with Crippen molar-refractivity contribution in [2.24, 2.45) is 5.41 Å². The molecule has 3 atom stereocenters. The van der Waals surface area contributed by atoms with Crippen molar-refractivity contribution in [2.75, 3.05) is 13.7 Å². The predicted molar refractivity (Wildman–Crippen MR) is 123 cm³/mol. The van der Waals surface area contributed by atoms with E-state index in [2.05, 4.69) is 36.1 Å². The van der Waals surface area contributed by atoms with Crippen molar-refractivity contribution in [1.29, 1.82) is 0 Å². The van der Waals surface area contributed by atoms with E-state index in [4.69, 9.17) is 4.74 Å². The fraction of sp³-hybridized carbons (Fsp3) is 0.370. The molecule has 2 aliphatic rings. The van der Waals surface area contributed by atoms with Gasteiger partial charge in [-0.3, -0.25) is 4.79 Å². The highest BCUT2D eigenvalue weighted by Crippen LogP contribution is 2.52. The molecule has 4 heteroatoms. The number of carbonyl (C=O) groups excluding carboxylic acids is 1. The van der Waals surface area contributed by atoms with Gasteiger partial charge in [0.15, 0.2) is 0 Å². The second-order valence-electron chi connectivity index (χ2n) is 8.98. The smallest absolute Gasteiger partial charge is 0.254 e. The Morgan fingerprint density at radius 2 is 1.90 bits per heavy atom. The zero-order chi connectivity index (χ0) is 21.6. The molecule has 3 aromatic rings. The minimum Gasteiger partial charge on any atom is -0.496 e. The van der Waals surface area contributed by atoms with Crippen molar-refractivity contribution in [1.82, 2.24) is 4.90 Å². The average Bonchev–Trinajstić information content (AvgIpc) is 3.39. The van der Waals surface area contributed by atoms with Crippen LogP contribution in [0, 0.1) is 5.41 Å². The Balaban J connectivity index is 1.52. The van der Waals surface area contributed by atoms with Gasteiger partial charge in [-0.2, -0.15) is 0 Å². The van der Waals surface area contributed by atoms with Crippen LogP contribution in [0.3, 0.4) is 0 Å². The van der Waals surface area contributed by atoms with Gasteiger partial charge < -0.3 is 14.7 Å². The van der Waals surface area contributed by atoms with Crippen LogP contribution in [0.4, 0.5) is 0 Å². The maximum absolute atomic E-state index is 13.6. The number of carbonyl (C=O) groups is 1. The van der Waals surface area contributed by atoms with E-state index in [-0.39, 0.29) is 30.0 Å². The first-order chi connectivity index (χ1) is 15.1. The quantitative estimate of drug-likeness (QED) is 0.617. The zero-order valence-electron chi connectivity index (χ0n) is 18.2. The molecule has 2 saturated heterocycles. The highest BCUT2D eigenvalue weighted by atomic mass is 16.5. The van der Waals surface area contributed by atoms with E-state index >= 15 is 0 Å². The van der Waals surface area contributed by atoms with Gasteiger partial charge in [0.05, 0.1) is 13.7 Å². The molecule has 0 spiro atoms.